The summed E-state index contributed by atoms with van der Waals surface area (Å²) in [5.41, 5.74) is 3.78. The molecular weight excluding hydrogens is 476 g/mol. The highest BCUT2D eigenvalue weighted by Gasteiger charge is 2.44. The molecule has 3 aromatic carbocycles. The van der Waals surface area contributed by atoms with E-state index in [0.717, 1.165) is 33.2 Å². The molecule has 0 N–H and O–H groups in total. The second kappa shape index (κ2) is 8.25. The Morgan fingerprint density at radius 2 is 1.79 bits per heavy atom. The summed E-state index contributed by atoms with van der Waals surface area (Å²) in [5.74, 6) is 2.25. The molecule has 1 atom stereocenters. The highest BCUT2D eigenvalue weighted by Crippen LogP contribution is 2.50. The van der Waals surface area contributed by atoms with Gasteiger partial charge < -0.3 is 9.47 Å². The fraction of sp³-hybridized carbons (Fsp3) is 0.226. The van der Waals surface area contributed by atoms with E-state index in [1.807, 2.05) is 48.5 Å². The van der Waals surface area contributed by atoms with Crippen molar-refractivity contribution in [2.75, 3.05) is 7.11 Å². The van der Waals surface area contributed by atoms with Gasteiger partial charge in [0.2, 0.25) is 5.88 Å². The van der Waals surface area contributed by atoms with Crippen LogP contribution in [0.25, 0.3) is 27.8 Å². The van der Waals surface area contributed by atoms with Gasteiger partial charge in [0, 0.05) is 29.9 Å². The summed E-state index contributed by atoms with van der Waals surface area (Å²) in [7, 11) is 1.64. The van der Waals surface area contributed by atoms with Crippen LogP contribution in [-0.2, 0) is 4.79 Å². The molecule has 0 radical (unpaired) electrons. The molecular formula is C31H26N4O3. The highest BCUT2D eigenvalue weighted by molar-refractivity contribution is 6.00. The molecule has 38 heavy (non-hydrogen) atoms. The third-order valence-electron chi connectivity index (χ3n) is 7.54. The van der Waals surface area contributed by atoms with Crippen molar-refractivity contribution >= 4 is 22.2 Å². The molecule has 7 rings (SSSR count). The quantitative estimate of drug-likeness (QED) is 0.296. The molecule has 7 heteroatoms. The molecule has 1 aliphatic carbocycles. The van der Waals surface area contributed by atoms with Gasteiger partial charge in [0.25, 0.3) is 0 Å². The van der Waals surface area contributed by atoms with Crippen molar-refractivity contribution in [2.45, 2.75) is 32.6 Å². The minimum absolute atomic E-state index is 0.0958. The molecule has 0 fully saturated rings. The number of allylic oxidation sites excluding steroid dienone is 2. The van der Waals surface area contributed by atoms with Crippen LogP contribution < -0.4 is 9.47 Å². The lowest BCUT2D eigenvalue weighted by atomic mass is 9.70. The number of methoxy groups -OCH3 is 1. The van der Waals surface area contributed by atoms with Crippen molar-refractivity contribution in [3.63, 3.8) is 0 Å². The summed E-state index contributed by atoms with van der Waals surface area (Å²) in [4.78, 5) is 23.3. The lowest BCUT2D eigenvalue weighted by Gasteiger charge is -2.37. The largest absolute Gasteiger partial charge is 0.497 e. The van der Waals surface area contributed by atoms with E-state index >= 15 is 0 Å². The zero-order valence-corrected chi connectivity index (χ0v) is 21.4. The van der Waals surface area contributed by atoms with Gasteiger partial charge in [-0.05, 0) is 33.9 Å². The third-order valence-corrected chi connectivity index (χ3v) is 7.54. The van der Waals surface area contributed by atoms with Crippen LogP contribution in [0.4, 0.5) is 0 Å². The molecule has 0 amide bonds. The van der Waals surface area contributed by atoms with E-state index in [1.54, 1.807) is 18.0 Å². The number of ketones is 1. The first-order valence-electron chi connectivity index (χ1n) is 12.7. The maximum absolute atomic E-state index is 13.6. The van der Waals surface area contributed by atoms with E-state index in [4.69, 9.17) is 19.6 Å². The zero-order chi connectivity index (χ0) is 26.0. The minimum atomic E-state index is -0.371. The Bertz CT molecular complexity index is 1780. The second-order valence-corrected chi connectivity index (χ2v) is 10.8. The number of ether oxygens (including phenoxy) is 2. The highest BCUT2D eigenvalue weighted by atomic mass is 16.5. The second-order valence-electron chi connectivity index (χ2n) is 10.8. The Kier molecular flexibility index (Phi) is 4.92. The normalized spacial score (nSPS) is 18.3. The fourth-order valence-electron chi connectivity index (χ4n) is 5.81. The Balaban J connectivity index is 1.47. The topological polar surface area (TPSA) is 78.6 Å². The van der Waals surface area contributed by atoms with Crippen molar-refractivity contribution < 1.29 is 14.3 Å². The summed E-state index contributed by atoms with van der Waals surface area (Å²) in [5, 5.41) is 7.00. The van der Waals surface area contributed by atoms with Gasteiger partial charge in [0.1, 0.15) is 17.8 Å². The van der Waals surface area contributed by atoms with Crippen LogP contribution in [0.1, 0.15) is 43.7 Å². The maximum Gasteiger partial charge on any atom is 0.228 e. The fourth-order valence-corrected chi connectivity index (χ4v) is 5.81. The van der Waals surface area contributed by atoms with Crippen molar-refractivity contribution in [3.8, 4) is 23.0 Å². The number of nitrogens with zero attached hydrogens (tertiary/aromatic N) is 4. The number of aromatic nitrogens is 4. The zero-order valence-electron chi connectivity index (χ0n) is 21.4. The van der Waals surface area contributed by atoms with E-state index in [9.17, 15) is 4.79 Å². The first-order chi connectivity index (χ1) is 18.4. The van der Waals surface area contributed by atoms with Gasteiger partial charge in [-0.25, -0.2) is 14.5 Å². The first-order valence-corrected chi connectivity index (χ1v) is 12.7. The molecule has 7 nitrogen and oxygen atoms in total. The molecule has 1 unspecified atom stereocenters. The molecule has 2 aromatic heterocycles. The summed E-state index contributed by atoms with van der Waals surface area (Å²) >= 11 is 0. The van der Waals surface area contributed by atoms with Gasteiger partial charge in [-0.15, -0.1) is 5.10 Å². The van der Waals surface area contributed by atoms with Crippen LogP contribution in [0.3, 0.4) is 0 Å². The van der Waals surface area contributed by atoms with E-state index in [1.165, 1.54) is 0 Å². The minimum Gasteiger partial charge on any atom is -0.497 e. The molecule has 1 aliphatic heterocycles. The van der Waals surface area contributed by atoms with Crippen LogP contribution in [0.15, 0.2) is 84.4 Å². The number of rotatable bonds is 3. The lowest BCUT2D eigenvalue weighted by Crippen LogP contribution is -2.33. The molecule has 0 saturated heterocycles. The maximum atomic E-state index is 13.6. The predicted octanol–water partition coefficient (Wildman–Crippen LogP) is 6.12. The average Bonchev–Trinajstić information content (AvgIpc) is 3.35. The molecule has 2 aliphatic rings. The molecule has 3 heterocycles. The van der Waals surface area contributed by atoms with Gasteiger partial charge in [-0.2, -0.15) is 0 Å². The van der Waals surface area contributed by atoms with E-state index in [0.29, 0.717) is 41.5 Å². The summed E-state index contributed by atoms with van der Waals surface area (Å²) in [6, 6.07) is 22.2. The molecule has 0 saturated carbocycles. The van der Waals surface area contributed by atoms with Crippen molar-refractivity contribution in [1.82, 2.24) is 19.6 Å². The molecule has 0 spiro atoms. The molecule has 188 valence electrons. The first kappa shape index (κ1) is 22.7. The Morgan fingerprint density at radius 1 is 1.00 bits per heavy atom. The smallest absolute Gasteiger partial charge is 0.228 e. The summed E-state index contributed by atoms with van der Waals surface area (Å²) in [6.45, 7) is 4.20. The van der Waals surface area contributed by atoms with E-state index in [-0.39, 0.29) is 17.1 Å². The Labute approximate surface area is 219 Å². The van der Waals surface area contributed by atoms with Gasteiger partial charge in [-0.1, -0.05) is 68.4 Å². The van der Waals surface area contributed by atoms with Gasteiger partial charge in [0.15, 0.2) is 17.3 Å². The van der Waals surface area contributed by atoms with E-state index < -0.39 is 0 Å². The Hall–Kier alpha value is -4.52. The van der Waals surface area contributed by atoms with Crippen molar-refractivity contribution in [2.24, 2.45) is 5.41 Å². The van der Waals surface area contributed by atoms with Crippen LogP contribution in [0.5, 0.6) is 11.6 Å². The van der Waals surface area contributed by atoms with Gasteiger partial charge in [0.05, 0.1) is 12.7 Å². The van der Waals surface area contributed by atoms with Gasteiger partial charge >= 0.3 is 0 Å². The summed E-state index contributed by atoms with van der Waals surface area (Å²) in [6.07, 6.45) is 2.77. The van der Waals surface area contributed by atoms with Crippen LogP contribution >= 0.6 is 0 Å². The van der Waals surface area contributed by atoms with Crippen LogP contribution in [0, 0.1) is 5.41 Å². The van der Waals surface area contributed by atoms with Crippen molar-refractivity contribution in [1.29, 1.82) is 0 Å². The number of fused-ring (bicyclic) bond motifs is 4. The molecule has 5 aromatic rings. The lowest BCUT2D eigenvalue weighted by molar-refractivity contribution is -0.118. The number of Topliss-reactive ketones (excluding diaryl/α,β-unsaturated/α-hetero) is 1. The number of hydrogen-bond donors (Lipinski definition) is 0. The predicted molar refractivity (Wildman–Crippen MR) is 144 cm³/mol. The Morgan fingerprint density at radius 3 is 2.61 bits per heavy atom. The number of benzene rings is 3. The number of hydrogen-bond acceptors (Lipinski definition) is 6. The van der Waals surface area contributed by atoms with Crippen molar-refractivity contribution in [3.05, 3.63) is 95.5 Å². The average molecular weight is 503 g/mol. The SMILES string of the molecule is COc1ccc(C2C3=C(CC(C)(C)CC3=O)Oc3ncn4nc(-c5cccc6ccccc56)nc4c32)cc1. The van der Waals surface area contributed by atoms with Crippen LogP contribution in [-0.4, -0.2) is 32.5 Å². The van der Waals surface area contributed by atoms with Gasteiger partial charge in [-0.3, -0.25) is 4.79 Å². The van der Waals surface area contributed by atoms with E-state index in [2.05, 4.69) is 37.0 Å². The number of carbonyl (C=O) groups is 1. The van der Waals surface area contributed by atoms with Crippen LogP contribution in [0.2, 0.25) is 0 Å². The summed E-state index contributed by atoms with van der Waals surface area (Å²) < 4.78 is 13.5. The third kappa shape index (κ3) is 3.49. The molecule has 0 bridgehead atoms. The monoisotopic (exact) mass is 502 g/mol. The number of carbonyl (C=O) groups excluding carboxylic acids is 1. The standard InChI is InChI=1S/C31H26N4O3/c1-31(2)15-23(36)26-24(16-31)38-30-27(25(26)19-11-13-20(37-3)14-12-19)29-33-28(34-35(29)17-32-30)22-10-6-8-18-7-4-5-9-21(18)22/h4-14,17,25H,15-16H2,1-3H3.